The standard InChI is InChI=1S/C20H23N3O3/c1-4-12-26-18-10-8-16(9-11-18)21-14-19(24)22-17-7-5-6-15(13-17)20(25)23(2)3/h4-11,13,21H,1,12,14H2,2-3H3,(H,22,24). The molecule has 136 valence electrons. The topological polar surface area (TPSA) is 70.7 Å². The van der Waals surface area contributed by atoms with E-state index >= 15 is 0 Å². The maximum atomic E-state index is 12.1. The Morgan fingerprint density at radius 1 is 1.12 bits per heavy atom. The molecule has 0 unspecified atom stereocenters. The van der Waals surface area contributed by atoms with E-state index in [1.807, 2.05) is 24.3 Å². The van der Waals surface area contributed by atoms with Crippen molar-refractivity contribution in [3.05, 3.63) is 66.7 Å². The number of nitrogens with one attached hydrogen (secondary N) is 2. The van der Waals surface area contributed by atoms with Gasteiger partial charge in [-0.1, -0.05) is 18.7 Å². The first-order valence-corrected chi connectivity index (χ1v) is 8.19. The van der Waals surface area contributed by atoms with E-state index in [1.165, 1.54) is 4.90 Å². The highest BCUT2D eigenvalue weighted by Gasteiger charge is 2.09. The third kappa shape index (κ3) is 5.66. The van der Waals surface area contributed by atoms with Crippen molar-refractivity contribution >= 4 is 23.2 Å². The lowest BCUT2D eigenvalue weighted by Gasteiger charge is -2.12. The number of carbonyl (C=O) groups is 2. The fraction of sp³-hybridized carbons (Fsp3) is 0.200. The van der Waals surface area contributed by atoms with Gasteiger partial charge in [0.05, 0.1) is 6.54 Å². The lowest BCUT2D eigenvalue weighted by atomic mass is 10.2. The summed E-state index contributed by atoms with van der Waals surface area (Å²) >= 11 is 0. The zero-order valence-corrected chi connectivity index (χ0v) is 15.0. The summed E-state index contributed by atoms with van der Waals surface area (Å²) < 4.78 is 5.41. The third-order valence-corrected chi connectivity index (χ3v) is 3.47. The van der Waals surface area contributed by atoms with Crippen LogP contribution in [0, 0.1) is 0 Å². The number of anilines is 2. The van der Waals surface area contributed by atoms with Gasteiger partial charge >= 0.3 is 0 Å². The van der Waals surface area contributed by atoms with Crippen LogP contribution in [0.15, 0.2) is 61.2 Å². The summed E-state index contributed by atoms with van der Waals surface area (Å²) in [7, 11) is 3.37. The molecule has 0 bridgehead atoms. The van der Waals surface area contributed by atoms with Gasteiger partial charge in [-0.2, -0.15) is 0 Å². The smallest absolute Gasteiger partial charge is 0.253 e. The number of hydrogen-bond acceptors (Lipinski definition) is 4. The lowest BCUT2D eigenvalue weighted by molar-refractivity contribution is -0.114. The zero-order valence-electron chi connectivity index (χ0n) is 15.0. The molecule has 0 saturated carbocycles. The van der Waals surface area contributed by atoms with Crippen molar-refractivity contribution in [1.29, 1.82) is 0 Å². The lowest BCUT2D eigenvalue weighted by Crippen LogP contribution is -2.23. The van der Waals surface area contributed by atoms with Crippen molar-refractivity contribution in [2.75, 3.05) is 37.9 Å². The molecule has 2 amide bonds. The van der Waals surface area contributed by atoms with E-state index in [2.05, 4.69) is 17.2 Å². The molecule has 6 heteroatoms. The Hall–Kier alpha value is -3.28. The van der Waals surface area contributed by atoms with Crippen LogP contribution >= 0.6 is 0 Å². The minimum absolute atomic E-state index is 0.110. The zero-order chi connectivity index (χ0) is 18.9. The van der Waals surface area contributed by atoms with Crippen LogP contribution < -0.4 is 15.4 Å². The van der Waals surface area contributed by atoms with Crippen LogP contribution in [0.5, 0.6) is 5.75 Å². The molecule has 2 rings (SSSR count). The molecule has 0 aliphatic carbocycles. The molecule has 0 aliphatic rings. The van der Waals surface area contributed by atoms with Gasteiger partial charge in [-0.15, -0.1) is 0 Å². The monoisotopic (exact) mass is 353 g/mol. The van der Waals surface area contributed by atoms with E-state index in [0.29, 0.717) is 17.9 Å². The van der Waals surface area contributed by atoms with Gasteiger partial charge in [-0.05, 0) is 42.5 Å². The molecule has 0 radical (unpaired) electrons. The molecule has 0 spiro atoms. The van der Waals surface area contributed by atoms with Gasteiger partial charge in [0.25, 0.3) is 5.91 Å². The third-order valence-electron chi connectivity index (χ3n) is 3.47. The van der Waals surface area contributed by atoms with Gasteiger partial charge in [0, 0.05) is 31.0 Å². The predicted molar refractivity (Wildman–Crippen MR) is 104 cm³/mol. The molecule has 0 atom stereocenters. The molecule has 26 heavy (non-hydrogen) atoms. The second-order valence-electron chi connectivity index (χ2n) is 5.81. The van der Waals surface area contributed by atoms with Gasteiger partial charge in [-0.25, -0.2) is 0 Å². The molecule has 0 saturated heterocycles. The van der Waals surface area contributed by atoms with Crippen LogP contribution in [-0.4, -0.2) is 44.0 Å². The Morgan fingerprint density at radius 3 is 2.50 bits per heavy atom. The summed E-state index contributed by atoms with van der Waals surface area (Å²) in [6.07, 6.45) is 1.68. The average Bonchev–Trinajstić information content (AvgIpc) is 2.65. The fourth-order valence-electron chi connectivity index (χ4n) is 2.20. The molecule has 2 N–H and O–H groups in total. The van der Waals surface area contributed by atoms with Crippen LogP contribution in [0.4, 0.5) is 11.4 Å². The summed E-state index contributed by atoms with van der Waals surface area (Å²) in [4.78, 5) is 25.6. The minimum atomic E-state index is -0.202. The molecule has 2 aromatic rings. The van der Waals surface area contributed by atoms with Crippen molar-refractivity contribution in [3.63, 3.8) is 0 Å². The molecule has 2 aromatic carbocycles. The molecule has 0 heterocycles. The Kier molecular flexibility index (Phi) is 6.79. The molecule has 0 aliphatic heterocycles. The average molecular weight is 353 g/mol. The van der Waals surface area contributed by atoms with Gasteiger partial charge in [-0.3, -0.25) is 9.59 Å². The second kappa shape index (κ2) is 9.27. The number of hydrogen-bond donors (Lipinski definition) is 2. The SMILES string of the molecule is C=CCOc1ccc(NCC(=O)Nc2cccc(C(=O)N(C)C)c2)cc1. The molecular weight excluding hydrogens is 330 g/mol. The highest BCUT2D eigenvalue weighted by molar-refractivity contribution is 5.97. The highest BCUT2D eigenvalue weighted by Crippen LogP contribution is 2.16. The number of carbonyl (C=O) groups excluding carboxylic acids is 2. The summed E-state index contributed by atoms with van der Waals surface area (Å²) in [5, 5.41) is 5.82. The van der Waals surface area contributed by atoms with E-state index in [1.54, 1.807) is 44.4 Å². The molecule has 0 fully saturated rings. The van der Waals surface area contributed by atoms with E-state index in [-0.39, 0.29) is 18.4 Å². The number of amides is 2. The highest BCUT2D eigenvalue weighted by atomic mass is 16.5. The van der Waals surface area contributed by atoms with Crippen LogP contribution in [-0.2, 0) is 4.79 Å². The molecule has 6 nitrogen and oxygen atoms in total. The maximum absolute atomic E-state index is 12.1. The Labute approximate surface area is 153 Å². The maximum Gasteiger partial charge on any atom is 0.253 e. The summed E-state index contributed by atoms with van der Waals surface area (Å²) in [5.74, 6) is 0.423. The quantitative estimate of drug-likeness (QED) is 0.716. The number of benzene rings is 2. The first kappa shape index (κ1) is 19.1. The van der Waals surface area contributed by atoms with Crippen molar-refractivity contribution in [1.82, 2.24) is 4.90 Å². The second-order valence-corrected chi connectivity index (χ2v) is 5.81. The largest absolute Gasteiger partial charge is 0.490 e. The number of nitrogens with zero attached hydrogens (tertiary/aromatic N) is 1. The Bertz CT molecular complexity index is 770. The summed E-state index contributed by atoms with van der Waals surface area (Å²) in [6, 6.07) is 14.2. The Morgan fingerprint density at radius 2 is 1.85 bits per heavy atom. The van der Waals surface area contributed by atoms with Crippen molar-refractivity contribution in [2.24, 2.45) is 0 Å². The van der Waals surface area contributed by atoms with Crippen LogP contribution in [0.2, 0.25) is 0 Å². The number of ether oxygens (including phenoxy) is 1. The van der Waals surface area contributed by atoms with Gasteiger partial charge < -0.3 is 20.3 Å². The van der Waals surface area contributed by atoms with Crippen LogP contribution in [0.3, 0.4) is 0 Å². The summed E-state index contributed by atoms with van der Waals surface area (Å²) in [6.45, 7) is 4.16. The number of rotatable bonds is 8. The van der Waals surface area contributed by atoms with Gasteiger partial charge in [0.2, 0.25) is 5.91 Å². The van der Waals surface area contributed by atoms with Crippen LogP contribution in [0.25, 0.3) is 0 Å². The van der Waals surface area contributed by atoms with Crippen molar-refractivity contribution in [2.45, 2.75) is 0 Å². The normalized spacial score (nSPS) is 9.92. The first-order chi connectivity index (χ1) is 12.5. The first-order valence-electron chi connectivity index (χ1n) is 8.19. The van der Waals surface area contributed by atoms with Gasteiger partial charge in [0.15, 0.2) is 0 Å². The van der Waals surface area contributed by atoms with E-state index in [9.17, 15) is 9.59 Å². The molecular formula is C20H23N3O3. The van der Waals surface area contributed by atoms with Crippen LogP contribution in [0.1, 0.15) is 10.4 Å². The van der Waals surface area contributed by atoms with Crippen molar-refractivity contribution in [3.8, 4) is 5.75 Å². The van der Waals surface area contributed by atoms with E-state index in [0.717, 1.165) is 11.4 Å². The van der Waals surface area contributed by atoms with Crippen molar-refractivity contribution < 1.29 is 14.3 Å². The van der Waals surface area contributed by atoms with Gasteiger partial charge in [0.1, 0.15) is 12.4 Å². The predicted octanol–water partition coefficient (Wildman–Crippen LogP) is 3.00. The Balaban J connectivity index is 1.88. The minimum Gasteiger partial charge on any atom is -0.490 e. The van der Waals surface area contributed by atoms with E-state index < -0.39 is 0 Å². The van der Waals surface area contributed by atoms with E-state index in [4.69, 9.17) is 4.74 Å². The molecule has 0 aromatic heterocycles. The fourth-order valence-corrected chi connectivity index (χ4v) is 2.20. The summed E-state index contributed by atoms with van der Waals surface area (Å²) in [5.41, 5.74) is 1.91.